The fourth-order valence-corrected chi connectivity index (χ4v) is 3.81. The van der Waals surface area contributed by atoms with E-state index in [0.29, 0.717) is 12.0 Å². The number of ether oxygens (including phenoxy) is 1. The summed E-state index contributed by atoms with van der Waals surface area (Å²) >= 11 is 0. The van der Waals surface area contributed by atoms with Gasteiger partial charge < -0.3 is 4.74 Å². The number of benzene rings is 1. The summed E-state index contributed by atoms with van der Waals surface area (Å²) in [6.45, 7) is 0. The minimum absolute atomic E-state index is 0.00200. The summed E-state index contributed by atoms with van der Waals surface area (Å²) in [7, 11) is 1.67. The minimum Gasteiger partial charge on any atom is -0.497 e. The van der Waals surface area contributed by atoms with Crippen LogP contribution < -0.4 is 4.74 Å². The lowest BCUT2D eigenvalue weighted by atomic mass is 9.69. The van der Waals surface area contributed by atoms with Gasteiger partial charge in [-0.15, -0.1) is 0 Å². The Morgan fingerprint density at radius 2 is 1.95 bits per heavy atom. The Bertz CT molecular complexity index is 793. The third kappa shape index (κ3) is 1.82. The second-order valence-corrected chi connectivity index (χ2v) is 5.93. The maximum absolute atomic E-state index is 12.3. The predicted molar refractivity (Wildman–Crippen MR) is 83.6 cm³/mol. The second kappa shape index (κ2) is 4.80. The standard InChI is InChI=1S/C19H16O3/c1-22-12-3-5-13-11(10-12)2-4-15-14(13)6-7-16-17(20)8-9-18(21)19(15)16/h3,5-6,8-10,15H,2,4,7H2,1H3/t15-/m0/s1. The molecule has 0 bridgehead atoms. The molecule has 4 rings (SSSR count). The highest BCUT2D eigenvalue weighted by Gasteiger charge is 2.36. The summed E-state index contributed by atoms with van der Waals surface area (Å²) in [5.74, 6) is 0.916. The summed E-state index contributed by atoms with van der Waals surface area (Å²) in [6, 6.07) is 6.10. The zero-order valence-electron chi connectivity index (χ0n) is 12.4. The van der Waals surface area contributed by atoms with Crippen molar-refractivity contribution in [2.45, 2.75) is 19.3 Å². The molecule has 0 N–H and O–H groups in total. The van der Waals surface area contributed by atoms with Gasteiger partial charge in [-0.2, -0.15) is 0 Å². The largest absolute Gasteiger partial charge is 0.497 e. The van der Waals surface area contributed by atoms with Crippen LogP contribution in [0.5, 0.6) is 5.75 Å². The topological polar surface area (TPSA) is 43.4 Å². The van der Waals surface area contributed by atoms with E-state index < -0.39 is 0 Å². The number of rotatable bonds is 1. The van der Waals surface area contributed by atoms with Gasteiger partial charge in [0.2, 0.25) is 0 Å². The Hall–Kier alpha value is -2.42. The van der Waals surface area contributed by atoms with Crippen LogP contribution in [0.3, 0.4) is 0 Å². The van der Waals surface area contributed by atoms with Crippen LogP contribution in [0.25, 0.3) is 5.57 Å². The molecule has 1 atom stereocenters. The number of allylic oxidation sites excluding steroid dienone is 6. The monoisotopic (exact) mass is 292 g/mol. The lowest BCUT2D eigenvalue weighted by Gasteiger charge is -2.34. The minimum atomic E-state index is -0.00886. The fourth-order valence-electron chi connectivity index (χ4n) is 3.81. The smallest absolute Gasteiger partial charge is 0.183 e. The summed E-state index contributed by atoms with van der Waals surface area (Å²) in [5.41, 5.74) is 5.07. The third-order valence-corrected chi connectivity index (χ3v) is 4.85. The normalized spacial score (nSPS) is 22.8. The maximum atomic E-state index is 12.3. The highest BCUT2D eigenvalue weighted by atomic mass is 16.5. The van der Waals surface area contributed by atoms with Crippen molar-refractivity contribution in [1.82, 2.24) is 0 Å². The number of hydrogen-bond acceptors (Lipinski definition) is 3. The van der Waals surface area contributed by atoms with Gasteiger partial charge in [0.05, 0.1) is 7.11 Å². The Morgan fingerprint density at radius 3 is 2.77 bits per heavy atom. The summed E-state index contributed by atoms with van der Waals surface area (Å²) in [5, 5.41) is 0. The molecule has 0 unspecified atom stereocenters. The van der Waals surface area contributed by atoms with Gasteiger partial charge in [0, 0.05) is 17.1 Å². The predicted octanol–water partition coefficient (Wildman–Crippen LogP) is 3.05. The molecule has 3 nitrogen and oxygen atoms in total. The van der Waals surface area contributed by atoms with E-state index in [-0.39, 0.29) is 17.5 Å². The number of methoxy groups -OCH3 is 1. The summed E-state index contributed by atoms with van der Waals surface area (Å²) in [4.78, 5) is 24.3. The van der Waals surface area contributed by atoms with Gasteiger partial charge in [-0.3, -0.25) is 9.59 Å². The Balaban J connectivity index is 1.80. The van der Waals surface area contributed by atoms with Crippen LogP contribution in [-0.4, -0.2) is 18.7 Å². The van der Waals surface area contributed by atoms with Gasteiger partial charge in [0.15, 0.2) is 11.6 Å². The maximum Gasteiger partial charge on any atom is 0.183 e. The molecule has 0 amide bonds. The molecule has 0 spiro atoms. The summed E-state index contributed by atoms with van der Waals surface area (Å²) < 4.78 is 5.30. The first-order chi connectivity index (χ1) is 10.7. The zero-order valence-corrected chi connectivity index (χ0v) is 12.4. The van der Waals surface area contributed by atoms with Crippen molar-refractivity contribution in [3.8, 4) is 5.75 Å². The van der Waals surface area contributed by atoms with E-state index in [9.17, 15) is 9.59 Å². The molecule has 0 heterocycles. The van der Waals surface area contributed by atoms with Crippen molar-refractivity contribution in [3.05, 3.63) is 58.7 Å². The molecule has 0 radical (unpaired) electrons. The Kier molecular flexibility index (Phi) is 2.89. The first-order valence-electron chi connectivity index (χ1n) is 7.56. The first kappa shape index (κ1) is 13.3. The Morgan fingerprint density at radius 1 is 1.14 bits per heavy atom. The zero-order chi connectivity index (χ0) is 15.3. The highest BCUT2D eigenvalue weighted by Crippen LogP contribution is 2.45. The van der Waals surface area contributed by atoms with Crippen molar-refractivity contribution < 1.29 is 14.3 Å². The van der Waals surface area contributed by atoms with Crippen molar-refractivity contribution in [1.29, 1.82) is 0 Å². The van der Waals surface area contributed by atoms with Crippen molar-refractivity contribution in [2.75, 3.05) is 7.11 Å². The van der Waals surface area contributed by atoms with Crippen LogP contribution in [0.1, 0.15) is 24.0 Å². The molecule has 110 valence electrons. The van der Waals surface area contributed by atoms with Crippen LogP contribution in [0.2, 0.25) is 0 Å². The van der Waals surface area contributed by atoms with Gasteiger partial charge in [-0.25, -0.2) is 0 Å². The van der Waals surface area contributed by atoms with E-state index in [1.165, 1.54) is 28.9 Å². The molecule has 3 aliphatic carbocycles. The van der Waals surface area contributed by atoms with Crippen molar-refractivity contribution in [3.63, 3.8) is 0 Å². The fraction of sp³-hybridized carbons (Fsp3) is 0.263. The van der Waals surface area contributed by atoms with Crippen LogP contribution >= 0.6 is 0 Å². The third-order valence-electron chi connectivity index (χ3n) is 4.85. The quantitative estimate of drug-likeness (QED) is 0.747. The average molecular weight is 292 g/mol. The molecule has 22 heavy (non-hydrogen) atoms. The van der Waals surface area contributed by atoms with Crippen LogP contribution in [0.4, 0.5) is 0 Å². The number of carbonyl (C=O) groups excluding carboxylic acids is 2. The molecule has 1 aromatic rings. The number of hydrogen-bond donors (Lipinski definition) is 0. The van der Waals surface area contributed by atoms with Crippen molar-refractivity contribution in [2.24, 2.45) is 5.92 Å². The molecule has 0 fully saturated rings. The van der Waals surface area contributed by atoms with E-state index >= 15 is 0 Å². The van der Waals surface area contributed by atoms with Gasteiger partial charge in [0.1, 0.15) is 5.75 Å². The van der Waals surface area contributed by atoms with Gasteiger partial charge >= 0.3 is 0 Å². The highest BCUT2D eigenvalue weighted by molar-refractivity contribution is 6.21. The molecule has 0 saturated heterocycles. The lowest BCUT2D eigenvalue weighted by molar-refractivity contribution is -0.115. The van der Waals surface area contributed by atoms with E-state index in [4.69, 9.17) is 4.74 Å². The molecule has 1 aromatic carbocycles. The van der Waals surface area contributed by atoms with E-state index in [1.807, 2.05) is 6.07 Å². The molecule has 0 aliphatic heterocycles. The molecule has 0 aromatic heterocycles. The molecule has 3 aliphatic rings. The van der Waals surface area contributed by atoms with E-state index in [2.05, 4.69) is 18.2 Å². The lowest BCUT2D eigenvalue weighted by Crippen LogP contribution is -2.27. The number of fused-ring (bicyclic) bond motifs is 4. The van der Waals surface area contributed by atoms with Crippen LogP contribution in [0.15, 0.2) is 47.6 Å². The Labute approximate surface area is 129 Å². The number of carbonyl (C=O) groups is 2. The SMILES string of the molecule is COc1ccc2c(c1)CC[C@H]1C2=CCC2=C1C(=O)C=CC2=O. The number of ketones is 2. The molecular weight excluding hydrogens is 276 g/mol. The summed E-state index contributed by atoms with van der Waals surface area (Å²) in [6.07, 6.45) is 7.28. The molecule has 0 saturated carbocycles. The average Bonchev–Trinajstić information content (AvgIpc) is 2.56. The van der Waals surface area contributed by atoms with Crippen LogP contribution in [0, 0.1) is 5.92 Å². The van der Waals surface area contributed by atoms with Gasteiger partial charge in [-0.05, 0) is 60.2 Å². The molecule has 3 heteroatoms. The van der Waals surface area contributed by atoms with Gasteiger partial charge in [-0.1, -0.05) is 12.1 Å². The van der Waals surface area contributed by atoms with Crippen molar-refractivity contribution >= 4 is 17.1 Å². The van der Waals surface area contributed by atoms with E-state index in [0.717, 1.165) is 24.2 Å². The number of aryl methyl sites for hydroxylation is 1. The van der Waals surface area contributed by atoms with Crippen LogP contribution in [-0.2, 0) is 16.0 Å². The molecular formula is C19H16O3. The van der Waals surface area contributed by atoms with E-state index in [1.54, 1.807) is 7.11 Å². The van der Waals surface area contributed by atoms with Gasteiger partial charge in [0.25, 0.3) is 0 Å². The first-order valence-corrected chi connectivity index (χ1v) is 7.56. The second-order valence-electron chi connectivity index (χ2n) is 5.93.